The lowest BCUT2D eigenvalue weighted by molar-refractivity contribution is -0.384. The van der Waals surface area contributed by atoms with Crippen LogP contribution in [0.3, 0.4) is 0 Å². The maximum atomic E-state index is 12.7. The maximum absolute atomic E-state index is 12.7. The zero-order chi connectivity index (χ0) is 23.3. The van der Waals surface area contributed by atoms with E-state index in [1.54, 1.807) is 30.3 Å². The predicted octanol–water partition coefficient (Wildman–Crippen LogP) is 5.60. The van der Waals surface area contributed by atoms with E-state index in [-0.39, 0.29) is 24.1 Å². The molecule has 7 heteroatoms. The molecule has 0 aliphatic heterocycles. The number of aryl methyl sites for hydroxylation is 1. The number of carbonyl (C=O) groups is 1. The van der Waals surface area contributed by atoms with E-state index in [4.69, 9.17) is 4.42 Å². The highest BCUT2D eigenvalue weighted by molar-refractivity contribution is 5.76. The van der Waals surface area contributed by atoms with E-state index in [0.29, 0.717) is 24.0 Å². The number of nitrogens with zero attached hydrogens (tertiary/aromatic N) is 3. The van der Waals surface area contributed by atoms with Crippen molar-refractivity contribution in [1.82, 2.24) is 9.88 Å². The van der Waals surface area contributed by atoms with E-state index >= 15 is 0 Å². The van der Waals surface area contributed by atoms with Crippen LogP contribution in [0, 0.1) is 16.0 Å². The van der Waals surface area contributed by atoms with Gasteiger partial charge in [0.1, 0.15) is 0 Å². The number of rotatable bonds is 9. The Balaban J connectivity index is 1.58. The summed E-state index contributed by atoms with van der Waals surface area (Å²) in [4.78, 5) is 29.2. The van der Waals surface area contributed by atoms with Gasteiger partial charge in [0.2, 0.25) is 5.91 Å². The summed E-state index contributed by atoms with van der Waals surface area (Å²) in [6, 6.07) is 14.3. The van der Waals surface area contributed by atoms with Crippen LogP contribution in [0.1, 0.15) is 50.3 Å². The topological polar surface area (TPSA) is 89.5 Å². The van der Waals surface area contributed by atoms with Crippen molar-refractivity contribution in [3.8, 4) is 11.3 Å². The molecule has 0 N–H and O–H groups in total. The van der Waals surface area contributed by atoms with Crippen LogP contribution >= 0.6 is 0 Å². The van der Waals surface area contributed by atoms with E-state index in [1.165, 1.54) is 17.7 Å². The Morgan fingerprint density at radius 2 is 1.88 bits per heavy atom. The highest BCUT2D eigenvalue weighted by Crippen LogP contribution is 2.25. The van der Waals surface area contributed by atoms with E-state index in [0.717, 1.165) is 17.5 Å². The number of hydrogen-bond donors (Lipinski definition) is 0. The minimum absolute atomic E-state index is 0.0137. The molecule has 0 saturated carbocycles. The number of non-ortho nitro benzene ring substituents is 1. The number of amides is 1. The first-order valence-electron chi connectivity index (χ1n) is 10.8. The van der Waals surface area contributed by atoms with Gasteiger partial charge >= 0.3 is 0 Å². The summed E-state index contributed by atoms with van der Waals surface area (Å²) in [5.74, 6) is 1.72. The predicted molar refractivity (Wildman–Crippen MR) is 123 cm³/mol. The molecule has 1 unspecified atom stereocenters. The molecule has 7 nitrogen and oxygen atoms in total. The molecule has 0 saturated heterocycles. The van der Waals surface area contributed by atoms with Gasteiger partial charge in [-0.3, -0.25) is 14.9 Å². The van der Waals surface area contributed by atoms with E-state index < -0.39 is 4.92 Å². The van der Waals surface area contributed by atoms with Gasteiger partial charge in [0, 0.05) is 37.6 Å². The second-order valence-corrected chi connectivity index (χ2v) is 8.45. The lowest BCUT2D eigenvalue weighted by Gasteiger charge is -2.25. The molecule has 168 valence electrons. The van der Waals surface area contributed by atoms with Crippen molar-refractivity contribution in [1.29, 1.82) is 0 Å². The van der Waals surface area contributed by atoms with Gasteiger partial charge in [-0.15, -0.1) is 0 Å². The lowest BCUT2D eigenvalue weighted by Crippen LogP contribution is -2.29. The molecule has 2 aromatic carbocycles. The minimum Gasteiger partial charge on any atom is -0.441 e. The van der Waals surface area contributed by atoms with Crippen molar-refractivity contribution < 1.29 is 14.1 Å². The van der Waals surface area contributed by atoms with Crippen LogP contribution in [0.5, 0.6) is 0 Å². The van der Waals surface area contributed by atoms with E-state index in [2.05, 4.69) is 31.0 Å². The summed E-state index contributed by atoms with van der Waals surface area (Å²) in [7, 11) is 1.70. The molecular formula is C25H29N3O4. The van der Waals surface area contributed by atoms with Crippen LogP contribution < -0.4 is 0 Å². The Morgan fingerprint density at radius 3 is 2.53 bits per heavy atom. The van der Waals surface area contributed by atoms with Gasteiger partial charge in [-0.1, -0.05) is 50.2 Å². The van der Waals surface area contributed by atoms with Gasteiger partial charge in [0.15, 0.2) is 11.7 Å². The lowest BCUT2D eigenvalue weighted by atomic mass is 10.0. The van der Waals surface area contributed by atoms with Gasteiger partial charge in [0.25, 0.3) is 5.69 Å². The number of aromatic nitrogens is 1. The van der Waals surface area contributed by atoms with Gasteiger partial charge in [-0.25, -0.2) is 4.98 Å². The SMILES string of the molecule is CC(C)Cc1ccc(-c2cnc(CCC(=O)N(C)C(C)c3cccc([N+](=O)[O-])c3)o2)cc1. The van der Waals surface area contributed by atoms with Gasteiger partial charge < -0.3 is 9.32 Å². The van der Waals surface area contributed by atoms with Crippen LogP contribution in [0.25, 0.3) is 11.3 Å². The summed E-state index contributed by atoms with van der Waals surface area (Å²) >= 11 is 0. The molecule has 1 atom stereocenters. The third-order valence-corrected chi connectivity index (χ3v) is 5.53. The Morgan fingerprint density at radius 1 is 1.16 bits per heavy atom. The number of carbonyl (C=O) groups excluding carboxylic acids is 1. The normalized spacial score (nSPS) is 12.0. The van der Waals surface area contributed by atoms with Crippen molar-refractivity contribution in [2.24, 2.45) is 5.92 Å². The van der Waals surface area contributed by atoms with Gasteiger partial charge in [-0.2, -0.15) is 0 Å². The standard InChI is InChI=1S/C25H29N3O4/c1-17(2)14-19-8-10-20(11-9-19)23-16-26-24(32-23)12-13-25(29)27(4)18(3)21-6-5-7-22(15-21)28(30)31/h5-11,15-18H,12-14H2,1-4H3. The van der Waals surface area contributed by atoms with Crippen molar-refractivity contribution in [2.45, 2.75) is 46.1 Å². The number of hydrogen-bond acceptors (Lipinski definition) is 5. The van der Waals surface area contributed by atoms with Crippen LogP contribution in [0.15, 0.2) is 59.1 Å². The van der Waals surface area contributed by atoms with Crippen molar-refractivity contribution in [3.63, 3.8) is 0 Å². The van der Waals surface area contributed by atoms with Gasteiger partial charge in [0.05, 0.1) is 17.2 Å². The number of oxazole rings is 1. The monoisotopic (exact) mass is 435 g/mol. The quantitative estimate of drug-likeness (QED) is 0.322. The maximum Gasteiger partial charge on any atom is 0.269 e. The second-order valence-electron chi connectivity index (χ2n) is 8.45. The first kappa shape index (κ1) is 23.2. The minimum atomic E-state index is -0.434. The third-order valence-electron chi connectivity index (χ3n) is 5.53. The Kier molecular flexibility index (Phi) is 7.41. The Labute approximate surface area is 188 Å². The molecule has 32 heavy (non-hydrogen) atoms. The molecule has 3 aromatic rings. The van der Waals surface area contributed by atoms with E-state index in [9.17, 15) is 14.9 Å². The molecule has 0 aliphatic rings. The van der Waals surface area contributed by atoms with Crippen LogP contribution in [-0.2, 0) is 17.6 Å². The second kappa shape index (κ2) is 10.2. The number of benzene rings is 2. The average Bonchev–Trinajstić information content (AvgIpc) is 3.25. The first-order valence-corrected chi connectivity index (χ1v) is 10.8. The number of nitro groups is 1. The molecule has 1 aromatic heterocycles. The first-order chi connectivity index (χ1) is 15.2. The third kappa shape index (κ3) is 5.81. The number of nitro benzene ring substituents is 1. The van der Waals surface area contributed by atoms with Gasteiger partial charge in [-0.05, 0) is 30.4 Å². The van der Waals surface area contributed by atoms with Crippen LogP contribution in [0.4, 0.5) is 5.69 Å². The Bertz CT molecular complexity index is 1070. The highest BCUT2D eigenvalue weighted by Gasteiger charge is 2.20. The Hall–Kier alpha value is -3.48. The largest absolute Gasteiger partial charge is 0.441 e. The smallest absolute Gasteiger partial charge is 0.269 e. The fourth-order valence-electron chi connectivity index (χ4n) is 3.56. The van der Waals surface area contributed by atoms with Crippen molar-refractivity contribution in [3.05, 3.63) is 81.9 Å². The molecule has 1 amide bonds. The molecular weight excluding hydrogens is 406 g/mol. The summed E-state index contributed by atoms with van der Waals surface area (Å²) in [5.41, 5.74) is 2.98. The molecule has 3 rings (SSSR count). The highest BCUT2D eigenvalue weighted by atomic mass is 16.6. The fourth-order valence-corrected chi connectivity index (χ4v) is 3.56. The molecule has 0 bridgehead atoms. The summed E-state index contributed by atoms with van der Waals surface area (Å²) in [6.07, 6.45) is 3.35. The summed E-state index contributed by atoms with van der Waals surface area (Å²) in [5, 5.41) is 11.0. The van der Waals surface area contributed by atoms with Crippen LogP contribution in [0.2, 0.25) is 0 Å². The molecule has 1 heterocycles. The molecule has 0 radical (unpaired) electrons. The average molecular weight is 436 g/mol. The van der Waals surface area contributed by atoms with E-state index in [1.807, 2.05) is 19.1 Å². The molecule has 0 spiro atoms. The summed E-state index contributed by atoms with van der Waals surface area (Å²) < 4.78 is 5.85. The van der Waals surface area contributed by atoms with Crippen LogP contribution in [-0.4, -0.2) is 27.8 Å². The summed E-state index contributed by atoms with van der Waals surface area (Å²) in [6.45, 7) is 6.24. The zero-order valence-electron chi connectivity index (χ0n) is 18.9. The zero-order valence-corrected chi connectivity index (χ0v) is 18.9. The van der Waals surface area contributed by atoms with Crippen molar-refractivity contribution in [2.75, 3.05) is 7.05 Å². The van der Waals surface area contributed by atoms with Crippen molar-refractivity contribution >= 4 is 11.6 Å². The molecule has 0 fully saturated rings. The fraction of sp³-hybridized carbons (Fsp3) is 0.360. The molecule has 0 aliphatic carbocycles.